The predicted octanol–water partition coefficient (Wildman–Crippen LogP) is 1.13. The van der Waals surface area contributed by atoms with Crippen LogP contribution in [0.1, 0.15) is 5.56 Å². The molecule has 5 nitrogen and oxygen atoms in total. The van der Waals surface area contributed by atoms with Crippen LogP contribution < -0.4 is 15.2 Å². The van der Waals surface area contributed by atoms with Crippen molar-refractivity contribution in [3.63, 3.8) is 0 Å². The molecule has 86 valence electrons. The molecule has 16 heavy (non-hydrogen) atoms. The van der Waals surface area contributed by atoms with E-state index in [0.29, 0.717) is 11.5 Å². The molecule has 1 aliphatic rings. The van der Waals surface area contributed by atoms with Crippen molar-refractivity contribution in [2.75, 3.05) is 6.79 Å². The zero-order valence-corrected chi connectivity index (χ0v) is 9.86. The van der Waals surface area contributed by atoms with Crippen molar-refractivity contribution in [3.05, 3.63) is 22.2 Å². The highest BCUT2D eigenvalue weighted by atomic mass is 79.9. The molecule has 0 aromatic heterocycles. The number of aliphatic carboxylic acids is 1. The van der Waals surface area contributed by atoms with Gasteiger partial charge in [-0.2, -0.15) is 0 Å². The first-order valence-electron chi connectivity index (χ1n) is 4.64. The highest BCUT2D eigenvalue weighted by molar-refractivity contribution is 9.10. The van der Waals surface area contributed by atoms with E-state index in [-0.39, 0.29) is 13.2 Å². The second-order valence-corrected chi connectivity index (χ2v) is 4.31. The quantitative estimate of drug-likeness (QED) is 0.871. The third kappa shape index (κ3) is 2.12. The number of halogens is 1. The van der Waals surface area contributed by atoms with Crippen molar-refractivity contribution in [1.29, 1.82) is 0 Å². The van der Waals surface area contributed by atoms with Gasteiger partial charge in [0.2, 0.25) is 6.79 Å². The Morgan fingerprint density at radius 3 is 3.00 bits per heavy atom. The first kappa shape index (κ1) is 11.2. The third-order valence-corrected chi connectivity index (χ3v) is 2.85. The minimum atomic E-state index is -1.02. The Morgan fingerprint density at radius 2 is 2.31 bits per heavy atom. The molecule has 0 saturated heterocycles. The molecule has 6 heteroatoms. The maximum Gasteiger partial charge on any atom is 0.320 e. The molecule has 0 fully saturated rings. The molecule has 0 amide bonds. The minimum Gasteiger partial charge on any atom is -0.480 e. The van der Waals surface area contributed by atoms with Gasteiger partial charge >= 0.3 is 5.97 Å². The summed E-state index contributed by atoms with van der Waals surface area (Å²) in [5.74, 6) is 0.239. The summed E-state index contributed by atoms with van der Waals surface area (Å²) in [5, 5.41) is 8.71. The Morgan fingerprint density at radius 1 is 1.56 bits per heavy atom. The monoisotopic (exact) mass is 287 g/mol. The highest BCUT2D eigenvalue weighted by Crippen LogP contribution is 2.40. The van der Waals surface area contributed by atoms with Crippen LogP contribution in [0.4, 0.5) is 0 Å². The molecule has 0 aliphatic carbocycles. The second kappa shape index (κ2) is 4.31. The number of hydrogen-bond donors (Lipinski definition) is 2. The van der Waals surface area contributed by atoms with Gasteiger partial charge in [-0.3, -0.25) is 4.79 Å². The zero-order valence-electron chi connectivity index (χ0n) is 8.27. The van der Waals surface area contributed by atoms with Gasteiger partial charge in [0.1, 0.15) is 6.04 Å². The van der Waals surface area contributed by atoms with Gasteiger partial charge in [0.25, 0.3) is 0 Å². The number of carboxylic acid groups (broad SMARTS) is 1. The molecule has 0 bridgehead atoms. The van der Waals surface area contributed by atoms with Crippen molar-refractivity contribution in [2.24, 2.45) is 5.73 Å². The van der Waals surface area contributed by atoms with Crippen LogP contribution in [-0.4, -0.2) is 23.9 Å². The molecular formula is C10H10BrNO4. The van der Waals surface area contributed by atoms with E-state index in [1.54, 1.807) is 12.1 Å². The first-order valence-corrected chi connectivity index (χ1v) is 5.43. The molecule has 3 N–H and O–H groups in total. The van der Waals surface area contributed by atoms with Gasteiger partial charge in [-0.25, -0.2) is 0 Å². The average molecular weight is 288 g/mol. The lowest BCUT2D eigenvalue weighted by molar-refractivity contribution is -0.138. The molecule has 1 aromatic carbocycles. The zero-order chi connectivity index (χ0) is 11.7. The molecule has 0 radical (unpaired) electrons. The molecule has 1 atom stereocenters. The van der Waals surface area contributed by atoms with E-state index in [0.717, 1.165) is 10.0 Å². The van der Waals surface area contributed by atoms with Crippen molar-refractivity contribution in [1.82, 2.24) is 0 Å². The number of nitrogens with two attached hydrogens (primary N) is 1. The first-order chi connectivity index (χ1) is 7.58. The van der Waals surface area contributed by atoms with Crippen LogP contribution in [0.25, 0.3) is 0 Å². The average Bonchev–Trinajstić information content (AvgIpc) is 2.65. The van der Waals surface area contributed by atoms with Gasteiger partial charge in [-0.15, -0.1) is 0 Å². The summed E-state index contributed by atoms with van der Waals surface area (Å²) in [5.41, 5.74) is 6.25. The molecule has 2 rings (SSSR count). The van der Waals surface area contributed by atoms with Crippen LogP contribution >= 0.6 is 15.9 Å². The Hall–Kier alpha value is -1.27. The van der Waals surface area contributed by atoms with Crippen LogP contribution in [0.3, 0.4) is 0 Å². The molecule has 0 unspecified atom stereocenters. The fraction of sp³-hybridized carbons (Fsp3) is 0.300. The van der Waals surface area contributed by atoms with Crippen LogP contribution in [0.2, 0.25) is 0 Å². The Bertz CT molecular complexity index is 435. The smallest absolute Gasteiger partial charge is 0.320 e. The van der Waals surface area contributed by atoms with Crippen molar-refractivity contribution in [3.8, 4) is 11.5 Å². The number of benzene rings is 1. The Labute approximate surface area is 100 Å². The van der Waals surface area contributed by atoms with Crippen LogP contribution in [0, 0.1) is 0 Å². The van der Waals surface area contributed by atoms with E-state index in [9.17, 15) is 4.79 Å². The van der Waals surface area contributed by atoms with Gasteiger partial charge in [0, 0.05) is 0 Å². The number of ether oxygens (including phenoxy) is 2. The van der Waals surface area contributed by atoms with E-state index in [2.05, 4.69) is 15.9 Å². The lowest BCUT2D eigenvalue weighted by Gasteiger charge is -2.08. The van der Waals surface area contributed by atoms with Gasteiger partial charge in [0.05, 0.1) is 4.47 Å². The predicted molar refractivity (Wildman–Crippen MR) is 59.6 cm³/mol. The van der Waals surface area contributed by atoms with E-state index >= 15 is 0 Å². The number of hydrogen-bond acceptors (Lipinski definition) is 4. The van der Waals surface area contributed by atoms with Crippen LogP contribution in [0.5, 0.6) is 11.5 Å². The lowest BCUT2D eigenvalue weighted by Crippen LogP contribution is -2.32. The summed E-state index contributed by atoms with van der Waals surface area (Å²) in [6.45, 7) is 0.183. The Balaban J connectivity index is 2.23. The minimum absolute atomic E-state index is 0.183. The van der Waals surface area contributed by atoms with E-state index < -0.39 is 12.0 Å². The van der Waals surface area contributed by atoms with E-state index in [1.807, 2.05) is 0 Å². The SMILES string of the molecule is N[C@@H](Cc1cc(Br)c2c(c1)OCO2)C(=O)O. The highest BCUT2D eigenvalue weighted by Gasteiger charge is 2.20. The summed E-state index contributed by atoms with van der Waals surface area (Å²) < 4.78 is 11.2. The largest absolute Gasteiger partial charge is 0.480 e. The van der Waals surface area contributed by atoms with Gasteiger partial charge in [-0.1, -0.05) is 0 Å². The summed E-state index contributed by atoms with van der Waals surface area (Å²) in [4.78, 5) is 10.6. The molecular weight excluding hydrogens is 278 g/mol. The third-order valence-electron chi connectivity index (χ3n) is 2.26. The van der Waals surface area contributed by atoms with Crippen molar-refractivity contribution >= 4 is 21.9 Å². The van der Waals surface area contributed by atoms with Crippen molar-refractivity contribution < 1.29 is 19.4 Å². The number of fused-ring (bicyclic) bond motifs is 1. The molecule has 0 spiro atoms. The summed E-state index contributed by atoms with van der Waals surface area (Å²) in [7, 11) is 0. The molecule has 1 heterocycles. The number of carbonyl (C=O) groups is 1. The van der Waals surface area contributed by atoms with E-state index in [1.165, 1.54) is 0 Å². The number of rotatable bonds is 3. The lowest BCUT2D eigenvalue weighted by atomic mass is 10.1. The van der Waals surface area contributed by atoms with Gasteiger partial charge < -0.3 is 20.3 Å². The normalized spacial score (nSPS) is 14.9. The maximum absolute atomic E-state index is 10.6. The molecule has 1 aliphatic heterocycles. The molecule has 0 saturated carbocycles. The Kier molecular flexibility index (Phi) is 3.02. The number of carboxylic acids is 1. The van der Waals surface area contributed by atoms with Gasteiger partial charge in [0.15, 0.2) is 11.5 Å². The van der Waals surface area contributed by atoms with Crippen LogP contribution in [0.15, 0.2) is 16.6 Å². The van der Waals surface area contributed by atoms with Crippen molar-refractivity contribution in [2.45, 2.75) is 12.5 Å². The van der Waals surface area contributed by atoms with E-state index in [4.69, 9.17) is 20.3 Å². The maximum atomic E-state index is 10.6. The van der Waals surface area contributed by atoms with Crippen LogP contribution in [-0.2, 0) is 11.2 Å². The summed E-state index contributed by atoms with van der Waals surface area (Å²) in [6.07, 6.45) is 0.255. The fourth-order valence-electron chi connectivity index (χ4n) is 1.48. The topological polar surface area (TPSA) is 81.8 Å². The second-order valence-electron chi connectivity index (χ2n) is 3.46. The molecule has 1 aromatic rings. The van der Waals surface area contributed by atoms with Gasteiger partial charge in [-0.05, 0) is 40.0 Å². The fourth-order valence-corrected chi connectivity index (χ4v) is 2.08. The standard InChI is InChI=1S/C10H10BrNO4/c11-6-1-5(2-7(12)10(13)14)3-8-9(6)16-4-15-8/h1,3,7H,2,4,12H2,(H,13,14)/t7-/m0/s1. The summed E-state index contributed by atoms with van der Waals surface area (Å²) >= 11 is 3.33. The summed E-state index contributed by atoms with van der Waals surface area (Å²) in [6, 6.07) is 2.62.